The molecule has 0 aromatic carbocycles. The van der Waals surface area contributed by atoms with Crippen LogP contribution in [-0.2, 0) is 0 Å². The van der Waals surface area contributed by atoms with E-state index >= 15 is 0 Å². The van der Waals surface area contributed by atoms with Gasteiger partial charge in [0.05, 0.1) is 8.07 Å². The summed E-state index contributed by atoms with van der Waals surface area (Å²) < 4.78 is 0. The monoisotopic (exact) mass is 220 g/mol. The SMILES string of the molecule is C[Si](C)(C)C=CCC(N)c1cccnc1. The van der Waals surface area contributed by atoms with Crippen LogP contribution in [0, 0.1) is 0 Å². The number of hydrogen-bond donors (Lipinski definition) is 1. The highest BCUT2D eigenvalue weighted by Gasteiger charge is 2.08. The van der Waals surface area contributed by atoms with Crippen molar-refractivity contribution in [2.45, 2.75) is 32.1 Å². The van der Waals surface area contributed by atoms with E-state index in [0.29, 0.717) is 0 Å². The van der Waals surface area contributed by atoms with Crippen LogP contribution in [-0.4, -0.2) is 13.1 Å². The number of rotatable bonds is 4. The topological polar surface area (TPSA) is 38.9 Å². The summed E-state index contributed by atoms with van der Waals surface area (Å²) in [5.74, 6) is 0. The van der Waals surface area contributed by atoms with Crippen LogP contribution in [0.25, 0.3) is 0 Å². The first-order chi connectivity index (χ1) is 6.99. The molecule has 0 saturated carbocycles. The number of nitrogens with two attached hydrogens (primary N) is 1. The summed E-state index contributed by atoms with van der Waals surface area (Å²) in [5.41, 5.74) is 9.49. The molecule has 0 amide bonds. The molecule has 0 aliphatic carbocycles. The molecule has 0 aliphatic heterocycles. The van der Waals surface area contributed by atoms with Gasteiger partial charge in [-0.1, -0.05) is 37.5 Å². The van der Waals surface area contributed by atoms with Crippen molar-refractivity contribution < 1.29 is 0 Å². The van der Waals surface area contributed by atoms with Crippen LogP contribution in [0.2, 0.25) is 19.6 Å². The minimum Gasteiger partial charge on any atom is -0.324 e. The molecule has 0 radical (unpaired) electrons. The van der Waals surface area contributed by atoms with Crippen molar-refractivity contribution in [2.75, 3.05) is 0 Å². The van der Waals surface area contributed by atoms with Crippen molar-refractivity contribution in [3.05, 3.63) is 41.9 Å². The third kappa shape index (κ3) is 4.90. The lowest BCUT2D eigenvalue weighted by Crippen LogP contribution is -2.16. The summed E-state index contributed by atoms with van der Waals surface area (Å²) >= 11 is 0. The van der Waals surface area contributed by atoms with Gasteiger partial charge < -0.3 is 5.73 Å². The van der Waals surface area contributed by atoms with E-state index in [4.69, 9.17) is 5.73 Å². The molecule has 2 N–H and O–H groups in total. The summed E-state index contributed by atoms with van der Waals surface area (Å²) in [7, 11) is -1.08. The van der Waals surface area contributed by atoms with Gasteiger partial charge in [-0.15, -0.1) is 0 Å². The van der Waals surface area contributed by atoms with Crippen LogP contribution in [0.1, 0.15) is 18.0 Å². The van der Waals surface area contributed by atoms with Gasteiger partial charge in [0, 0.05) is 18.4 Å². The van der Waals surface area contributed by atoms with Crippen molar-refractivity contribution in [2.24, 2.45) is 5.73 Å². The minimum absolute atomic E-state index is 0.0753. The van der Waals surface area contributed by atoms with Crippen LogP contribution >= 0.6 is 0 Å². The lowest BCUT2D eigenvalue weighted by Gasteiger charge is -2.11. The smallest absolute Gasteiger partial charge is 0.0682 e. The van der Waals surface area contributed by atoms with Gasteiger partial charge in [0.25, 0.3) is 0 Å². The Labute approximate surface area is 93.2 Å². The van der Waals surface area contributed by atoms with Gasteiger partial charge in [0.1, 0.15) is 0 Å². The zero-order valence-corrected chi connectivity index (χ0v) is 10.8. The number of hydrogen-bond acceptors (Lipinski definition) is 2. The molecule has 0 saturated heterocycles. The zero-order chi connectivity index (χ0) is 11.3. The lowest BCUT2D eigenvalue weighted by atomic mass is 10.1. The Morgan fingerprint density at radius 3 is 2.73 bits per heavy atom. The van der Waals surface area contributed by atoms with Crippen LogP contribution in [0.15, 0.2) is 36.3 Å². The molecule has 3 heteroatoms. The van der Waals surface area contributed by atoms with Crippen molar-refractivity contribution >= 4 is 8.07 Å². The fraction of sp³-hybridized carbons (Fsp3) is 0.417. The molecule has 0 bridgehead atoms. The second-order valence-corrected chi connectivity index (χ2v) is 9.96. The van der Waals surface area contributed by atoms with Crippen LogP contribution in [0.5, 0.6) is 0 Å². The molecule has 0 spiro atoms. The van der Waals surface area contributed by atoms with Crippen molar-refractivity contribution in [3.8, 4) is 0 Å². The Morgan fingerprint density at radius 2 is 2.20 bits per heavy atom. The van der Waals surface area contributed by atoms with Crippen molar-refractivity contribution in [1.29, 1.82) is 0 Å². The molecule has 0 aliphatic rings. The maximum atomic E-state index is 6.05. The van der Waals surface area contributed by atoms with E-state index in [0.717, 1.165) is 12.0 Å². The lowest BCUT2D eigenvalue weighted by molar-refractivity contribution is 0.737. The molecule has 1 rings (SSSR count). The third-order valence-corrected chi connectivity index (χ3v) is 3.36. The average molecular weight is 220 g/mol. The Kier molecular flexibility index (Phi) is 4.24. The molecule has 1 unspecified atom stereocenters. The van der Waals surface area contributed by atoms with Crippen LogP contribution < -0.4 is 5.73 Å². The summed E-state index contributed by atoms with van der Waals surface area (Å²) in [6.45, 7) is 6.96. The van der Waals surface area contributed by atoms with E-state index < -0.39 is 8.07 Å². The second-order valence-electron chi connectivity index (χ2n) is 4.90. The summed E-state index contributed by atoms with van der Waals surface area (Å²) in [6.07, 6.45) is 6.72. The Morgan fingerprint density at radius 1 is 1.47 bits per heavy atom. The molecule has 1 aromatic rings. The molecule has 2 nitrogen and oxygen atoms in total. The average Bonchev–Trinajstić information content (AvgIpc) is 2.17. The van der Waals surface area contributed by atoms with Crippen molar-refractivity contribution in [1.82, 2.24) is 4.98 Å². The first kappa shape index (κ1) is 12.1. The van der Waals surface area contributed by atoms with Gasteiger partial charge in [-0.2, -0.15) is 0 Å². The standard InChI is InChI=1S/C12H20N2Si/c1-15(2,3)9-5-7-12(13)11-6-4-8-14-10-11/h4-6,8-10,12H,7,13H2,1-3H3. The fourth-order valence-electron chi connectivity index (χ4n) is 1.30. The van der Waals surface area contributed by atoms with Gasteiger partial charge >= 0.3 is 0 Å². The zero-order valence-electron chi connectivity index (χ0n) is 9.77. The molecular formula is C12H20N2Si. The predicted molar refractivity (Wildman–Crippen MR) is 68.3 cm³/mol. The largest absolute Gasteiger partial charge is 0.324 e. The van der Waals surface area contributed by atoms with Gasteiger partial charge in [-0.05, 0) is 18.1 Å². The van der Waals surface area contributed by atoms with E-state index in [-0.39, 0.29) is 6.04 Å². The molecular weight excluding hydrogens is 200 g/mol. The Bertz CT molecular complexity index is 314. The Hall–Kier alpha value is -0.933. The van der Waals surface area contributed by atoms with Gasteiger partial charge in [-0.3, -0.25) is 4.98 Å². The van der Waals surface area contributed by atoms with E-state index in [9.17, 15) is 0 Å². The van der Waals surface area contributed by atoms with Crippen molar-refractivity contribution in [3.63, 3.8) is 0 Å². The number of pyridine rings is 1. The highest BCUT2D eigenvalue weighted by molar-refractivity contribution is 6.80. The van der Waals surface area contributed by atoms with Gasteiger partial charge in [0.2, 0.25) is 0 Å². The summed E-state index contributed by atoms with van der Waals surface area (Å²) in [4.78, 5) is 4.07. The number of aromatic nitrogens is 1. The van der Waals surface area contributed by atoms with E-state index in [1.54, 1.807) is 6.20 Å². The highest BCUT2D eigenvalue weighted by Crippen LogP contribution is 2.13. The first-order valence-corrected chi connectivity index (χ1v) is 8.90. The van der Waals surface area contributed by atoms with Crippen LogP contribution in [0.4, 0.5) is 0 Å². The molecule has 0 fully saturated rings. The maximum Gasteiger partial charge on any atom is 0.0682 e. The fourth-order valence-corrected chi connectivity index (χ4v) is 2.14. The second kappa shape index (κ2) is 5.23. The van der Waals surface area contributed by atoms with E-state index in [1.807, 2.05) is 18.3 Å². The minimum atomic E-state index is -1.08. The molecule has 1 aromatic heterocycles. The van der Waals surface area contributed by atoms with Gasteiger partial charge in [0.15, 0.2) is 0 Å². The predicted octanol–water partition coefficient (Wildman–Crippen LogP) is 2.91. The van der Waals surface area contributed by atoms with E-state index in [1.165, 1.54) is 0 Å². The van der Waals surface area contributed by atoms with Crippen LogP contribution in [0.3, 0.4) is 0 Å². The normalized spacial score (nSPS) is 14.4. The van der Waals surface area contributed by atoms with Gasteiger partial charge in [-0.25, -0.2) is 0 Å². The Balaban J connectivity index is 2.51. The number of nitrogens with zero attached hydrogens (tertiary/aromatic N) is 1. The summed E-state index contributed by atoms with van der Waals surface area (Å²) in [6, 6.07) is 4.03. The molecule has 1 atom stereocenters. The maximum absolute atomic E-state index is 6.05. The third-order valence-electron chi connectivity index (χ3n) is 2.12. The summed E-state index contributed by atoms with van der Waals surface area (Å²) in [5, 5.41) is 0. The molecule has 82 valence electrons. The first-order valence-electron chi connectivity index (χ1n) is 5.32. The highest BCUT2D eigenvalue weighted by atomic mass is 28.3. The molecule has 1 heterocycles. The quantitative estimate of drug-likeness (QED) is 0.792. The van der Waals surface area contributed by atoms with E-state index in [2.05, 4.69) is 36.4 Å². The molecule has 15 heavy (non-hydrogen) atoms.